The van der Waals surface area contributed by atoms with E-state index in [1.165, 1.54) is 10.6 Å². The third kappa shape index (κ3) is 3.10. The maximum Gasteiger partial charge on any atom is 0.251 e. The van der Waals surface area contributed by atoms with Gasteiger partial charge in [0, 0.05) is 36.8 Å². The predicted octanol–water partition coefficient (Wildman–Crippen LogP) is 1.13. The first-order valence-electron chi connectivity index (χ1n) is 5.12. The molecule has 0 spiro atoms. The summed E-state index contributed by atoms with van der Waals surface area (Å²) in [5, 5.41) is 2.76. The molecule has 0 aliphatic carbocycles. The molecule has 0 saturated heterocycles. The minimum atomic E-state index is -0.259. The number of carbonyl (C=O) groups excluding carboxylic acids is 1. The average molecular weight is 243 g/mol. The highest BCUT2D eigenvalue weighted by molar-refractivity contribution is 6.18. The van der Waals surface area contributed by atoms with Gasteiger partial charge in [-0.1, -0.05) is 6.92 Å². The minimum absolute atomic E-state index is 0.0572. The summed E-state index contributed by atoms with van der Waals surface area (Å²) in [5.41, 5.74) is 0.165. The summed E-state index contributed by atoms with van der Waals surface area (Å²) in [4.78, 5) is 23.0. The number of halogens is 1. The molecule has 5 heteroatoms. The number of nitrogens with zero attached hydrogens (tertiary/aromatic N) is 1. The van der Waals surface area contributed by atoms with Gasteiger partial charge >= 0.3 is 0 Å². The predicted molar refractivity (Wildman–Crippen MR) is 63.9 cm³/mol. The molecule has 0 fully saturated rings. The fraction of sp³-hybridized carbons (Fsp3) is 0.455. The number of pyridine rings is 1. The molecule has 1 N–H and O–H groups in total. The van der Waals surface area contributed by atoms with Crippen LogP contribution < -0.4 is 10.9 Å². The van der Waals surface area contributed by atoms with E-state index >= 15 is 0 Å². The van der Waals surface area contributed by atoms with Crippen molar-refractivity contribution in [3.05, 3.63) is 34.2 Å². The number of carbonyl (C=O) groups is 1. The smallest absolute Gasteiger partial charge is 0.251 e. The number of aryl methyl sites for hydroxylation is 1. The minimum Gasteiger partial charge on any atom is -0.348 e. The average Bonchev–Trinajstić information content (AvgIpc) is 2.29. The van der Waals surface area contributed by atoms with E-state index in [0.29, 0.717) is 11.4 Å². The Labute approximate surface area is 99.2 Å². The topological polar surface area (TPSA) is 51.1 Å². The first-order chi connectivity index (χ1) is 7.58. The number of amides is 1. The Kier molecular flexibility index (Phi) is 4.55. The van der Waals surface area contributed by atoms with Gasteiger partial charge in [-0.05, 0) is 12.5 Å². The molecule has 1 heterocycles. The molecule has 0 saturated carbocycles. The van der Waals surface area contributed by atoms with Crippen LogP contribution in [0.15, 0.2) is 23.1 Å². The van der Waals surface area contributed by atoms with E-state index in [-0.39, 0.29) is 17.5 Å². The van der Waals surface area contributed by atoms with Gasteiger partial charge < -0.3 is 9.88 Å². The van der Waals surface area contributed by atoms with Crippen LogP contribution in [0.3, 0.4) is 0 Å². The second-order valence-electron chi connectivity index (χ2n) is 3.60. The molecule has 4 nitrogen and oxygen atoms in total. The number of nitrogens with one attached hydrogen (secondary N) is 1. The molecule has 1 aromatic heterocycles. The number of rotatable bonds is 4. The summed E-state index contributed by atoms with van der Waals surface area (Å²) in [5.74, 6) is 0.109. The first kappa shape index (κ1) is 12.8. The molecule has 0 bridgehead atoms. The van der Waals surface area contributed by atoms with E-state index in [1.807, 2.05) is 6.92 Å². The molecule has 1 aromatic rings. The van der Waals surface area contributed by atoms with Crippen molar-refractivity contribution >= 4 is 17.5 Å². The third-order valence-corrected chi connectivity index (χ3v) is 2.75. The Bertz CT molecular complexity index is 424. The molecule has 0 aliphatic rings. The second-order valence-corrected chi connectivity index (χ2v) is 3.91. The normalized spacial score (nSPS) is 12.2. The van der Waals surface area contributed by atoms with Crippen molar-refractivity contribution in [2.45, 2.75) is 19.4 Å². The van der Waals surface area contributed by atoms with Crippen LogP contribution in [0.1, 0.15) is 23.7 Å². The monoisotopic (exact) mass is 242 g/mol. The van der Waals surface area contributed by atoms with Crippen molar-refractivity contribution in [2.75, 3.05) is 5.88 Å². The number of alkyl halides is 1. The molecule has 0 radical (unpaired) electrons. The Morgan fingerprint density at radius 2 is 2.31 bits per heavy atom. The van der Waals surface area contributed by atoms with Crippen LogP contribution in [0.4, 0.5) is 0 Å². The standard InChI is InChI=1S/C11H15ClN2O2/c1-3-9(7-12)13-11(16)8-4-5-14(2)10(15)6-8/h4-6,9H,3,7H2,1-2H3,(H,13,16). The zero-order valence-corrected chi connectivity index (χ0v) is 10.1. The quantitative estimate of drug-likeness (QED) is 0.805. The molecular weight excluding hydrogens is 228 g/mol. The van der Waals surface area contributed by atoms with Crippen molar-refractivity contribution in [1.29, 1.82) is 0 Å². The Morgan fingerprint density at radius 1 is 1.62 bits per heavy atom. The number of aromatic nitrogens is 1. The van der Waals surface area contributed by atoms with Gasteiger partial charge in [-0.2, -0.15) is 0 Å². The first-order valence-corrected chi connectivity index (χ1v) is 5.65. The van der Waals surface area contributed by atoms with E-state index in [9.17, 15) is 9.59 Å². The van der Waals surface area contributed by atoms with E-state index in [0.717, 1.165) is 6.42 Å². The summed E-state index contributed by atoms with van der Waals surface area (Å²) >= 11 is 5.68. The Morgan fingerprint density at radius 3 is 2.81 bits per heavy atom. The van der Waals surface area contributed by atoms with Gasteiger partial charge in [0.05, 0.1) is 0 Å². The molecule has 16 heavy (non-hydrogen) atoms. The maximum absolute atomic E-state index is 11.7. The molecule has 1 atom stereocenters. The summed E-state index contributed by atoms with van der Waals surface area (Å²) in [7, 11) is 1.64. The lowest BCUT2D eigenvalue weighted by molar-refractivity contribution is 0.0939. The lowest BCUT2D eigenvalue weighted by Gasteiger charge is -2.13. The molecular formula is C11H15ClN2O2. The fourth-order valence-corrected chi connectivity index (χ4v) is 1.50. The van der Waals surface area contributed by atoms with Crippen molar-refractivity contribution in [3.63, 3.8) is 0 Å². The SMILES string of the molecule is CCC(CCl)NC(=O)c1ccn(C)c(=O)c1. The van der Waals surface area contributed by atoms with Gasteiger partial charge in [0.1, 0.15) is 0 Å². The van der Waals surface area contributed by atoms with Crippen molar-refractivity contribution in [3.8, 4) is 0 Å². The largest absolute Gasteiger partial charge is 0.348 e. The summed E-state index contributed by atoms with van der Waals surface area (Å²) < 4.78 is 1.41. The van der Waals surface area contributed by atoms with E-state index in [1.54, 1.807) is 19.3 Å². The highest BCUT2D eigenvalue weighted by atomic mass is 35.5. The van der Waals surface area contributed by atoms with Crippen LogP contribution in [0.25, 0.3) is 0 Å². The van der Waals surface area contributed by atoms with Gasteiger partial charge in [0.2, 0.25) is 0 Å². The van der Waals surface area contributed by atoms with E-state index in [2.05, 4.69) is 5.32 Å². The van der Waals surface area contributed by atoms with Gasteiger partial charge in [0.25, 0.3) is 11.5 Å². The Balaban J connectivity index is 2.81. The molecule has 1 amide bonds. The van der Waals surface area contributed by atoms with E-state index in [4.69, 9.17) is 11.6 Å². The number of hydrogen-bond donors (Lipinski definition) is 1. The van der Waals surface area contributed by atoms with E-state index < -0.39 is 0 Å². The van der Waals surface area contributed by atoms with Crippen molar-refractivity contribution < 1.29 is 4.79 Å². The molecule has 1 rings (SSSR count). The number of hydrogen-bond acceptors (Lipinski definition) is 2. The highest BCUT2D eigenvalue weighted by Crippen LogP contribution is 1.99. The molecule has 1 unspecified atom stereocenters. The zero-order chi connectivity index (χ0) is 12.1. The summed E-state index contributed by atoms with van der Waals surface area (Å²) in [6.07, 6.45) is 2.33. The fourth-order valence-electron chi connectivity index (χ4n) is 1.21. The lowest BCUT2D eigenvalue weighted by atomic mass is 10.2. The Hall–Kier alpha value is -1.29. The van der Waals surface area contributed by atoms with Crippen LogP contribution >= 0.6 is 11.6 Å². The van der Waals surface area contributed by atoms with Gasteiger partial charge in [-0.3, -0.25) is 9.59 Å². The summed E-state index contributed by atoms with van der Waals surface area (Å²) in [6, 6.07) is 2.87. The maximum atomic E-state index is 11.7. The van der Waals surface area contributed by atoms with Gasteiger partial charge in [-0.15, -0.1) is 11.6 Å². The highest BCUT2D eigenvalue weighted by Gasteiger charge is 2.11. The summed E-state index contributed by atoms with van der Waals surface area (Å²) in [6.45, 7) is 1.94. The van der Waals surface area contributed by atoms with Crippen LogP contribution in [0.2, 0.25) is 0 Å². The third-order valence-electron chi connectivity index (χ3n) is 2.38. The van der Waals surface area contributed by atoms with Crippen molar-refractivity contribution in [2.24, 2.45) is 7.05 Å². The van der Waals surface area contributed by atoms with Gasteiger partial charge in [-0.25, -0.2) is 0 Å². The molecule has 0 aliphatic heterocycles. The zero-order valence-electron chi connectivity index (χ0n) is 9.37. The van der Waals surface area contributed by atoms with Gasteiger partial charge in [0.15, 0.2) is 0 Å². The van der Waals surface area contributed by atoms with Crippen LogP contribution in [0.5, 0.6) is 0 Å². The van der Waals surface area contributed by atoms with Crippen LogP contribution in [0, 0.1) is 0 Å². The lowest BCUT2D eigenvalue weighted by Crippen LogP contribution is -2.36. The van der Waals surface area contributed by atoms with Crippen molar-refractivity contribution in [1.82, 2.24) is 9.88 Å². The van der Waals surface area contributed by atoms with Crippen LogP contribution in [-0.2, 0) is 7.05 Å². The van der Waals surface area contributed by atoms with Crippen LogP contribution in [-0.4, -0.2) is 22.4 Å². The molecule has 88 valence electrons. The second kappa shape index (κ2) is 5.70. The molecule has 0 aromatic carbocycles.